The zero-order chi connectivity index (χ0) is 70.0. The van der Waals surface area contributed by atoms with Crippen LogP contribution >= 0.6 is 15.6 Å². The molecule has 0 saturated heterocycles. The normalized spacial score (nSPS) is 14.2. The highest BCUT2D eigenvalue weighted by Crippen LogP contribution is 2.45. The SMILES string of the molecule is CCCCCC/C=C\C=C/CCCCCCCC(=O)OC[C@H](COP(=O)(O)OC[C@@H](O)COP(=O)(O)OC[C@@H](COC(=O)CCCCCCCCCCCC)OC(=O)CCCCCCCCCCCCCC(C)C)OC(=O)CCCCCCCCCCCCCCCC(C)C. The molecule has 0 radical (unpaired) electrons. The van der Waals surface area contributed by atoms with E-state index in [1.807, 2.05) is 0 Å². The summed E-state index contributed by atoms with van der Waals surface area (Å²) in [5.41, 5.74) is 0. The first-order valence-corrected chi connectivity index (χ1v) is 41.8. The smallest absolute Gasteiger partial charge is 0.462 e. The van der Waals surface area contributed by atoms with Gasteiger partial charge in [-0.2, -0.15) is 0 Å². The van der Waals surface area contributed by atoms with Gasteiger partial charge in [-0.15, -0.1) is 0 Å². The predicted octanol–water partition coefficient (Wildman–Crippen LogP) is 21.9. The van der Waals surface area contributed by atoms with Crippen LogP contribution in [0.5, 0.6) is 0 Å². The second-order valence-electron chi connectivity index (χ2n) is 27.7. The summed E-state index contributed by atoms with van der Waals surface area (Å²) in [6.45, 7) is 9.54. The molecule has 0 spiro atoms. The van der Waals surface area contributed by atoms with E-state index in [0.717, 1.165) is 121 Å². The Labute approximate surface area is 580 Å². The van der Waals surface area contributed by atoms with Crippen molar-refractivity contribution in [2.24, 2.45) is 11.8 Å². The van der Waals surface area contributed by atoms with E-state index < -0.39 is 97.5 Å². The maximum Gasteiger partial charge on any atom is 0.472 e. The van der Waals surface area contributed by atoms with Crippen LogP contribution in [0.15, 0.2) is 24.3 Å². The van der Waals surface area contributed by atoms with Crippen molar-refractivity contribution in [3.8, 4) is 0 Å². The number of rotatable bonds is 73. The van der Waals surface area contributed by atoms with Crippen LogP contribution in [0, 0.1) is 11.8 Å². The largest absolute Gasteiger partial charge is 0.472 e. The Balaban J connectivity index is 5.29. The topological polar surface area (TPSA) is 237 Å². The maximum absolute atomic E-state index is 13.1. The maximum atomic E-state index is 13.1. The molecule has 0 fully saturated rings. The van der Waals surface area contributed by atoms with E-state index in [4.69, 9.17) is 37.0 Å². The summed E-state index contributed by atoms with van der Waals surface area (Å²) in [5, 5.41) is 10.6. The van der Waals surface area contributed by atoms with E-state index in [2.05, 4.69) is 65.8 Å². The van der Waals surface area contributed by atoms with E-state index in [0.29, 0.717) is 25.7 Å². The fraction of sp³-hybridized carbons (Fsp3) is 0.895. The van der Waals surface area contributed by atoms with Crippen molar-refractivity contribution in [3.63, 3.8) is 0 Å². The zero-order valence-corrected chi connectivity index (χ0v) is 63.2. The number of carbonyl (C=O) groups excluding carboxylic acids is 4. The molecule has 0 aromatic heterocycles. The van der Waals surface area contributed by atoms with Gasteiger partial charge in [0.15, 0.2) is 12.2 Å². The van der Waals surface area contributed by atoms with Crippen LogP contribution in [0.2, 0.25) is 0 Å². The number of unbranched alkanes of at least 4 members (excludes halogenated alkanes) is 40. The predicted molar refractivity (Wildman–Crippen MR) is 386 cm³/mol. The molecule has 0 aromatic rings. The number of esters is 4. The second-order valence-corrected chi connectivity index (χ2v) is 30.6. The number of hydrogen-bond acceptors (Lipinski definition) is 15. The van der Waals surface area contributed by atoms with E-state index in [1.165, 1.54) is 167 Å². The second kappa shape index (κ2) is 67.4. The van der Waals surface area contributed by atoms with Gasteiger partial charge < -0.3 is 33.8 Å². The molecule has 560 valence electrons. The molecule has 17 nitrogen and oxygen atoms in total. The molecule has 0 aliphatic carbocycles. The number of phosphoric ester groups is 2. The van der Waals surface area contributed by atoms with Crippen molar-refractivity contribution < 1.29 is 80.2 Å². The Bertz CT molecular complexity index is 1930. The summed E-state index contributed by atoms with van der Waals surface area (Å²) < 4.78 is 68.5. The Kier molecular flexibility index (Phi) is 65.6. The lowest BCUT2D eigenvalue weighted by Crippen LogP contribution is -2.30. The fourth-order valence-corrected chi connectivity index (χ4v) is 12.7. The molecule has 2 unspecified atom stereocenters. The van der Waals surface area contributed by atoms with Gasteiger partial charge in [-0.3, -0.25) is 37.3 Å². The number of ether oxygens (including phenoxy) is 4. The van der Waals surface area contributed by atoms with Crippen LogP contribution in [0.3, 0.4) is 0 Å². The van der Waals surface area contributed by atoms with Crippen molar-refractivity contribution in [1.29, 1.82) is 0 Å². The van der Waals surface area contributed by atoms with Crippen molar-refractivity contribution in [2.75, 3.05) is 39.6 Å². The quantitative estimate of drug-likeness (QED) is 0.0169. The Morgan fingerprint density at radius 2 is 0.568 bits per heavy atom. The first-order valence-electron chi connectivity index (χ1n) is 38.8. The monoisotopic (exact) mass is 1390 g/mol. The third kappa shape index (κ3) is 69.8. The number of aliphatic hydroxyl groups is 1. The van der Waals surface area contributed by atoms with Crippen molar-refractivity contribution in [1.82, 2.24) is 0 Å². The molecule has 0 bridgehead atoms. The number of phosphoric acid groups is 2. The molecule has 5 atom stereocenters. The van der Waals surface area contributed by atoms with Crippen LogP contribution in [-0.2, 0) is 65.4 Å². The molecule has 0 heterocycles. The molecule has 0 aliphatic rings. The summed E-state index contributed by atoms with van der Waals surface area (Å²) in [7, 11) is -9.92. The Morgan fingerprint density at radius 3 is 0.863 bits per heavy atom. The molecule has 19 heteroatoms. The summed E-state index contributed by atoms with van der Waals surface area (Å²) in [4.78, 5) is 72.8. The molecular weight excluding hydrogens is 1250 g/mol. The molecule has 3 N–H and O–H groups in total. The lowest BCUT2D eigenvalue weighted by atomic mass is 10.0. The summed E-state index contributed by atoms with van der Waals surface area (Å²) in [6, 6.07) is 0. The Hall–Kier alpha value is -2.46. The molecular formula is C76H144O17P2. The van der Waals surface area contributed by atoms with E-state index in [-0.39, 0.29) is 25.7 Å². The van der Waals surface area contributed by atoms with Crippen molar-refractivity contribution >= 4 is 39.5 Å². The van der Waals surface area contributed by atoms with Crippen molar-refractivity contribution in [3.05, 3.63) is 24.3 Å². The van der Waals surface area contributed by atoms with Gasteiger partial charge in [-0.25, -0.2) is 9.13 Å². The number of aliphatic hydroxyl groups excluding tert-OH is 1. The average Bonchev–Trinajstić information content (AvgIpc) is 1.46. The van der Waals surface area contributed by atoms with Gasteiger partial charge in [-0.05, 0) is 63.2 Å². The zero-order valence-electron chi connectivity index (χ0n) is 61.5. The van der Waals surface area contributed by atoms with Gasteiger partial charge in [0.2, 0.25) is 0 Å². The third-order valence-corrected chi connectivity index (χ3v) is 19.0. The highest BCUT2D eigenvalue weighted by Gasteiger charge is 2.30. The van der Waals surface area contributed by atoms with Crippen LogP contribution < -0.4 is 0 Å². The van der Waals surface area contributed by atoms with Crippen LogP contribution in [0.1, 0.15) is 369 Å². The van der Waals surface area contributed by atoms with Gasteiger partial charge in [0.25, 0.3) is 0 Å². The fourth-order valence-electron chi connectivity index (χ4n) is 11.1. The minimum atomic E-state index is -4.96. The standard InChI is InChI=1S/C76H144O17P2/c1-7-9-11-13-15-17-19-20-21-24-29-35-41-47-53-59-74(79)87-65-72(92-75(80)60-54-48-42-36-30-25-22-23-27-32-38-44-50-56-68(3)4)67-91-95(84,85)89-63-70(77)62-88-94(82,83)90-66-71(64-86-73(78)58-52-46-40-34-18-16-14-12-10-8-2)93-76(81)61-55-49-43-37-31-26-28-33-39-45-51-57-69(5)6/h17,19-21,68-72,77H,7-16,18,22-67H2,1-6H3,(H,82,83)(H,84,85)/b19-17-,21-20-/t70-,71+,72+/m0/s1. The van der Waals surface area contributed by atoms with E-state index in [1.54, 1.807) is 0 Å². The first kappa shape index (κ1) is 92.5. The van der Waals surface area contributed by atoms with Gasteiger partial charge in [-0.1, -0.05) is 316 Å². The third-order valence-electron chi connectivity index (χ3n) is 17.1. The Morgan fingerprint density at radius 1 is 0.326 bits per heavy atom. The van der Waals surface area contributed by atoms with Crippen LogP contribution in [-0.4, -0.2) is 96.7 Å². The van der Waals surface area contributed by atoms with Crippen LogP contribution in [0.25, 0.3) is 0 Å². The highest BCUT2D eigenvalue weighted by molar-refractivity contribution is 7.47. The lowest BCUT2D eigenvalue weighted by Gasteiger charge is -2.21. The molecule has 95 heavy (non-hydrogen) atoms. The van der Waals surface area contributed by atoms with Gasteiger partial charge in [0, 0.05) is 25.7 Å². The minimum absolute atomic E-state index is 0.100. The number of hydrogen-bond donors (Lipinski definition) is 3. The molecule has 0 rings (SSSR count). The molecule has 0 aliphatic heterocycles. The number of allylic oxidation sites excluding steroid dienone is 4. The van der Waals surface area contributed by atoms with E-state index in [9.17, 15) is 43.2 Å². The minimum Gasteiger partial charge on any atom is -0.462 e. The van der Waals surface area contributed by atoms with Gasteiger partial charge in [0.1, 0.15) is 19.3 Å². The van der Waals surface area contributed by atoms with Gasteiger partial charge in [0.05, 0.1) is 26.4 Å². The molecule has 0 amide bonds. The number of carbonyl (C=O) groups is 4. The lowest BCUT2D eigenvalue weighted by molar-refractivity contribution is -0.161. The molecule has 0 saturated carbocycles. The van der Waals surface area contributed by atoms with E-state index >= 15 is 0 Å². The van der Waals surface area contributed by atoms with Gasteiger partial charge >= 0.3 is 39.5 Å². The summed E-state index contributed by atoms with van der Waals surface area (Å²) >= 11 is 0. The summed E-state index contributed by atoms with van der Waals surface area (Å²) in [6.07, 6.45) is 57.6. The summed E-state index contributed by atoms with van der Waals surface area (Å²) in [5.74, 6) is -0.597. The molecule has 0 aromatic carbocycles. The highest BCUT2D eigenvalue weighted by atomic mass is 31.2. The first-order chi connectivity index (χ1) is 45.9. The van der Waals surface area contributed by atoms with Crippen LogP contribution in [0.4, 0.5) is 0 Å². The average molecular weight is 1390 g/mol. The van der Waals surface area contributed by atoms with Crippen molar-refractivity contribution in [2.45, 2.75) is 387 Å².